The smallest absolute Gasteiger partial charge is 0.257 e. The van der Waals surface area contributed by atoms with Gasteiger partial charge in [0, 0.05) is 12.6 Å². The SMILES string of the molecule is CCN[C@H](C)CNC(=O)COc1ccccc1OCC. The third-order valence-corrected chi connectivity index (χ3v) is 2.67. The van der Waals surface area contributed by atoms with E-state index in [2.05, 4.69) is 10.6 Å². The second-order valence-electron chi connectivity index (χ2n) is 4.43. The van der Waals surface area contributed by atoms with Crippen LogP contribution in [0.5, 0.6) is 11.5 Å². The zero-order valence-electron chi connectivity index (χ0n) is 12.4. The lowest BCUT2D eigenvalue weighted by atomic mass is 10.3. The summed E-state index contributed by atoms with van der Waals surface area (Å²) in [5.74, 6) is 1.11. The lowest BCUT2D eigenvalue weighted by Gasteiger charge is -2.14. The maximum Gasteiger partial charge on any atom is 0.257 e. The van der Waals surface area contributed by atoms with Crippen LogP contribution < -0.4 is 20.1 Å². The molecule has 0 aliphatic heterocycles. The summed E-state index contributed by atoms with van der Waals surface area (Å²) in [5.41, 5.74) is 0. The molecular weight excluding hydrogens is 256 g/mol. The molecule has 0 spiro atoms. The molecule has 1 atom stereocenters. The number of para-hydroxylation sites is 2. The minimum atomic E-state index is -0.138. The summed E-state index contributed by atoms with van der Waals surface area (Å²) in [6.45, 7) is 7.99. The van der Waals surface area contributed by atoms with Gasteiger partial charge in [-0.3, -0.25) is 4.79 Å². The largest absolute Gasteiger partial charge is 0.490 e. The van der Waals surface area contributed by atoms with Gasteiger partial charge in [-0.15, -0.1) is 0 Å². The first-order chi connectivity index (χ1) is 9.67. The van der Waals surface area contributed by atoms with E-state index in [-0.39, 0.29) is 18.6 Å². The topological polar surface area (TPSA) is 59.6 Å². The third kappa shape index (κ3) is 5.93. The molecule has 0 heterocycles. The molecule has 1 amide bonds. The van der Waals surface area contributed by atoms with E-state index in [0.29, 0.717) is 24.7 Å². The van der Waals surface area contributed by atoms with Crippen LogP contribution in [0.4, 0.5) is 0 Å². The average molecular weight is 280 g/mol. The Morgan fingerprint density at radius 1 is 1.20 bits per heavy atom. The van der Waals surface area contributed by atoms with E-state index in [1.54, 1.807) is 6.07 Å². The molecule has 0 aromatic heterocycles. The number of hydrogen-bond donors (Lipinski definition) is 2. The molecule has 2 N–H and O–H groups in total. The van der Waals surface area contributed by atoms with Gasteiger partial charge in [-0.1, -0.05) is 19.1 Å². The first-order valence-electron chi connectivity index (χ1n) is 7.02. The van der Waals surface area contributed by atoms with E-state index in [1.807, 2.05) is 39.0 Å². The van der Waals surface area contributed by atoms with Crippen LogP contribution >= 0.6 is 0 Å². The highest BCUT2D eigenvalue weighted by molar-refractivity contribution is 5.77. The number of amides is 1. The van der Waals surface area contributed by atoms with E-state index in [4.69, 9.17) is 9.47 Å². The molecule has 1 aromatic rings. The second kappa shape index (κ2) is 9.20. The van der Waals surface area contributed by atoms with Gasteiger partial charge in [0.2, 0.25) is 0 Å². The van der Waals surface area contributed by atoms with Gasteiger partial charge in [0.15, 0.2) is 18.1 Å². The molecule has 0 saturated heterocycles. The molecule has 1 rings (SSSR count). The number of benzene rings is 1. The number of likely N-dealkylation sites (N-methyl/N-ethyl adjacent to an activating group) is 1. The van der Waals surface area contributed by atoms with E-state index in [1.165, 1.54) is 0 Å². The van der Waals surface area contributed by atoms with Crippen molar-refractivity contribution in [2.45, 2.75) is 26.8 Å². The molecule has 0 aliphatic carbocycles. The van der Waals surface area contributed by atoms with Crippen molar-refractivity contribution in [3.8, 4) is 11.5 Å². The summed E-state index contributed by atoms with van der Waals surface area (Å²) in [4.78, 5) is 11.7. The molecule has 0 saturated carbocycles. The Kier molecular flexibility index (Phi) is 7.50. The van der Waals surface area contributed by atoms with Crippen LogP contribution in [0.3, 0.4) is 0 Å². The summed E-state index contributed by atoms with van der Waals surface area (Å²) in [6, 6.07) is 7.59. The van der Waals surface area contributed by atoms with Crippen molar-refractivity contribution in [3.63, 3.8) is 0 Å². The zero-order valence-corrected chi connectivity index (χ0v) is 12.4. The summed E-state index contributed by atoms with van der Waals surface area (Å²) in [5, 5.41) is 6.05. The lowest BCUT2D eigenvalue weighted by molar-refractivity contribution is -0.123. The Bertz CT molecular complexity index is 410. The quantitative estimate of drug-likeness (QED) is 0.721. The van der Waals surface area contributed by atoms with Gasteiger partial charge in [-0.2, -0.15) is 0 Å². The van der Waals surface area contributed by atoms with E-state index in [0.717, 1.165) is 6.54 Å². The molecule has 0 radical (unpaired) electrons. The zero-order chi connectivity index (χ0) is 14.8. The first kappa shape index (κ1) is 16.3. The molecular formula is C15H24N2O3. The minimum absolute atomic E-state index is 0.0110. The van der Waals surface area contributed by atoms with Gasteiger partial charge in [0.1, 0.15) is 0 Å². The maximum atomic E-state index is 11.7. The molecule has 0 bridgehead atoms. The van der Waals surface area contributed by atoms with E-state index < -0.39 is 0 Å². The summed E-state index contributed by atoms with van der Waals surface area (Å²) < 4.78 is 10.9. The van der Waals surface area contributed by atoms with Crippen LogP contribution in [0.15, 0.2) is 24.3 Å². The minimum Gasteiger partial charge on any atom is -0.490 e. The van der Waals surface area contributed by atoms with Crippen LogP contribution in [0.25, 0.3) is 0 Å². The average Bonchev–Trinajstić information content (AvgIpc) is 2.45. The van der Waals surface area contributed by atoms with Crippen LogP contribution in [0, 0.1) is 0 Å². The lowest BCUT2D eigenvalue weighted by Crippen LogP contribution is -2.40. The van der Waals surface area contributed by atoms with Crippen molar-refractivity contribution < 1.29 is 14.3 Å². The first-order valence-corrected chi connectivity index (χ1v) is 7.02. The van der Waals surface area contributed by atoms with Crippen molar-refractivity contribution in [2.75, 3.05) is 26.3 Å². The summed E-state index contributed by atoms with van der Waals surface area (Å²) in [7, 11) is 0. The molecule has 5 nitrogen and oxygen atoms in total. The molecule has 20 heavy (non-hydrogen) atoms. The predicted octanol–water partition coefficient (Wildman–Crippen LogP) is 1.58. The highest BCUT2D eigenvalue weighted by Crippen LogP contribution is 2.26. The molecule has 5 heteroatoms. The number of carbonyl (C=O) groups is 1. The number of nitrogens with one attached hydrogen (secondary N) is 2. The number of rotatable bonds is 9. The number of hydrogen-bond acceptors (Lipinski definition) is 4. The fourth-order valence-corrected chi connectivity index (χ4v) is 1.73. The van der Waals surface area contributed by atoms with Crippen LogP contribution in [0.1, 0.15) is 20.8 Å². The fraction of sp³-hybridized carbons (Fsp3) is 0.533. The van der Waals surface area contributed by atoms with Crippen molar-refractivity contribution in [2.24, 2.45) is 0 Å². The Hall–Kier alpha value is -1.75. The van der Waals surface area contributed by atoms with Gasteiger partial charge in [-0.05, 0) is 32.5 Å². The van der Waals surface area contributed by atoms with Crippen LogP contribution in [0.2, 0.25) is 0 Å². The van der Waals surface area contributed by atoms with Crippen LogP contribution in [-0.4, -0.2) is 38.3 Å². The van der Waals surface area contributed by atoms with Gasteiger partial charge in [0.25, 0.3) is 5.91 Å². The van der Waals surface area contributed by atoms with E-state index in [9.17, 15) is 4.79 Å². The highest BCUT2D eigenvalue weighted by atomic mass is 16.5. The van der Waals surface area contributed by atoms with Gasteiger partial charge >= 0.3 is 0 Å². The van der Waals surface area contributed by atoms with Gasteiger partial charge in [-0.25, -0.2) is 0 Å². The summed E-state index contributed by atoms with van der Waals surface area (Å²) in [6.07, 6.45) is 0. The van der Waals surface area contributed by atoms with Crippen molar-refractivity contribution in [1.29, 1.82) is 0 Å². The molecule has 0 unspecified atom stereocenters. The fourth-order valence-electron chi connectivity index (χ4n) is 1.73. The van der Waals surface area contributed by atoms with Gasteiger partial charge < -0.3 is 20.1 Å². The third-order valence-electron chi connectivity index (χ3n) is 2.67. The molecule has 0 aliphatic rings. The molecule has 1 aromatic carbocycles. The Balaban J connectivity index is 2.37. The Morgan fingerprint density at radius 3 is 2.45 bits per heavy atom. The highest BCUT2D eigenvalue weighted by Gasteiger charge is 2.08. The van der Waals surface area contributed by atoms with Crippen molar-refractivity contribution in [1.82, 2.24) is 10.6 Å². The summed E-state index contributed by atoms with van der Waals surface area (Å²) >= 11 is 0. The van der Waals surface area contributed by atoms with E-state index >= 15 is 0 Å². The molecule has 112 valence electrons. The number of ether oxygens (including phenoxy) is 2. The Morgan fingerprint density at radius 2 is 1.85 bits per heavy atom. The standard InChI is InChI=1S/C15H24N2O3/c1-4-16-12(3)10-17-15(18)11-20-14-9-7-6-8-13(14)19-5-2/h6-9,12,16H,4-5,10-11H2,1-3H3,(H,17,18)/t12-/m1/s1. The number of carbonyl (C=O) groups excluding carboxylic acids is 1. The second-order valence-corrected chi connectivity index (χ2v) is 4.43. The van der Waals surface area contributed by atoms with Gasteiger partial charge in [0.05, 0.1) is 6.61 Å². The van der Waals surface area contributed by atoms with Crippen molar-refractivity contribution in [3.05, 3.63) is 24.3 Å². The predicted molar refractivity (Wildman–Crippen MR) is 79.3 cm³/mol. The Labute approximate surface area is 120 Å². The monoisotopic (exact) mass is 280 g/mol. The normalized spacial score (nSPS) is 11.8. The molecule has 0 fully saturated rings. The van der Waals surface area contributed by atoms with Crippen molar-refractivity contribution >= 4 is 5.91 Å². The van der Waals surface area contributed by atoms with Crippen LogP contribution in [-0.2, 0) is 4.79 Å². The maximum absolute atomic E-state index is 11.7.